The Kier molecular flexibility index (Phi) is 6.34. The molecule has 1 aromatic carbocycles. The quantitative estimate of drug-likeness (QED) is 0.714. The van der Waals surface area contributed by atoms with Crippen LogP contribution in [0.3, 0.4) is 0 Å². The van der Waals surface area contributed by atoms with Crippen LogP contribution in [0, 0.1) is 5.92 Å². The molecule has 0 saturated heterocycles. The summed E-state index contributed by atoms with van der Waals surface area (Å²) in [5.74, 6) is 0.699. The summed E-state index contributed by atoms with van der Waals surface area (Å²) in [6, 6.07) is 8.62. The lowest BCUT2D eigenvalue weighted by atomic mass is 10.1. The van der Waals surface area contributed by atoms with Gasteiger partial charge in [-0.2, -0.15) is 0 Å². The number of hydrogen-bond donors (Lipinski definition) is 2. The van der Waals surface area contributed by atoms with E-state index in [2.05, 4.69) is 48.1 Å². The van der Waals surface area contributed by atoms with E-state index in [0.29, 0.717) is 5.92 Å². The third kappa shape index (κ3) is 4.45. The van der Waals surface area contributed by atoms with Crippen LogP contribution in [0.25, 0.3) is 0 Å². The molecule has 0 aromatic heterocycles. The first-order chi connectivity index (χ1) is 7.80. The van der Waals surface area contributed by atoms with Crippen molar-refractivity contribution >= 4 is 17.4 Å². The summed E-state index contributed by atoms with van der Waals surface area (Å²) in [7, 11) is 2.01. The summed E-state index contributed by atoms with van der Waals surface area (Å²) in [6.45, 7) is 4.35. The molecular formula is C13H22N2S. The Morgan fingerprint density at radius 1 is 1.19 bits per heavy atom. The standard InChI is InChI=1S/C13H22N2S/c1-4-11(9-14-2)10-15-12-5-7-13(16-3)8-6-12/h5-8,11,14-15H,4,9-10H2,1-3H3. The Bertz CT molecular complexity index is 284. The fourth-order valence-corrected chi connectivity index (χ4v) is 2.03. The second kappa shape index (κ2) is 7.58. The number of nitrogens with one attached hydrogen (secondary N) is 2. The van der Waals surface area contributed by atoms with Gasteiger partial charge in [0.05, 0.1) is 0 Å². The predicted octanol–water partition coefficient (Wildman–Crippen LogP) is 3.07. The molecule has 2 nitrogen and oxygen atoms in total. The topological polar surface area (TPSA) is 24.1 Å². The number of thioether (sulfide) groups is 1. The third-order valence-corrected chi connectivity index (χ3v) is 3.50. The molecule has 0 spiro atoms. The minimum atomic E-state index is 0.699. The number of rotatable bonds is 7. The molecule has 0 bridgehead atoms. The fraction of sp³-hybridized carbons (Fsp3) is 0.538. The molecule has 0 aliphatic rings. The maximum Gasteiger partial charge on any atom is 0.0341 e. The van der Waals surface area contributed by atoms with Crippen LogP contribution in [0.5, 0.6) is 0 Å². The zero-order chi connectivity index (χ0) is 11.8. The van der Waals surface area contributed by atoms with Crippen LogP contribution >= 0.6 is 11.8 Å². The lowest BCUT2D eigenvalue weighted by Gasteiger charge is -2.16. The van der Waals surface area contributed by atoms with E-state index < -0.39 is 0 Å². The first-order valence-electron chi connectivity index (χ1n) is 5.82. The molecule has 1 unspecified atom stereocenters. The third-order valence-electron chi connectivity index (χ3n) is 2.76. The van der Waals surface area contributed by atoms with Crippen LogP contribution in [0.15, 0.2) is 29.2 Å². The molecule has 0 saturated carbocycles. The van der Waals surface area contributed by atoms with Gasteiger partial charge in [-0.3, -0.25) is 0 Å². The Morgan fingerprint density at radius 3 is 2.38 bits per heavy atom. The molecule has 0 aliphatic heterocycles. The van der Waals surface area contributed by atoms with Gasteiger partial charge in [-0.1, -0.05) is 13.3 Å². The van der Waals surface area contributed by atoms with Crippen LogP contribution in [-0.4, -0.2) is 26.4 Å². The van der Waals surface area contributed by atoms with Crippen molar-refractivity contribution in [2.45, 2.75) is 18.2 Å². The second-order valence-electron chi connectivity index (χ2n) is 3.94. The van der Waals surface area contributed by atoms with E-state index in [1.54, 1.807) is 11.8 Å². The number of anilines is 1. The van der Waals surface area contributed by atoms with Crippen molar-refractivity contribution in [3.05, 3.63) is 24.3 Å². The molecule has 0 radical (unpaired) electrons. The van der Waals surface area contributed by atoms with E-state index in [1.165, 1.54) is 17.0 Å². The van der Waals surface area contributed by atoms with Gasteiger partial charge in [0.25, 0.3) is 0 Å². The first kappa shape index (κ1) is 13.4. The summed E-state index contributed by atoms with van der Waals surface area (Å²) in [5.41, 5.74) is 1.22. The van der Waals surface area contributed by atoms with Crippen LogP contribution in [0.4, 0.5) is 5.69 Å². The SMILES string of the molecule is CCC(CNC)CNc1ccc(SC)cc1. The van der Waals surface area contributed by atoms with Gasteiger partial charge in [-0.05, 0) is 50.0 Å². The van der Waals surface area contributed by atoms with Gasteiger partial charge in [0.1, 0.15) is 0 Å². The summed E-state index contributed by atoms with van der Waals surface area (Å²) in [5, 5.41) is 6.71. The molecule has 3 heteroatoms. The molecule has 0 aliphatic carbocycles. The summed E-state index contributed by atoms with van der Waals surface area (Å²) in [6.07, 6.45) is 3.30. The average molecular weight is 238 g/mol. The fourth-order valence-electron chi connectivity index (χ4n) is 1.62. The van der Waals surface area contributed by atoms with E-state index in [1.807, 2.05) is 7.05 Å². The highest BCUT2D eigenvalue weighted by molar-refractivity contribution is 7.98. The molecule has 2 N–H and O–H groups in total. The summed E-state index contributed by atoms with van der Waals surface area (Å²) in [4.78, 5) is 1.31. The highest BCUT2D eigenvalue weighted by atomic mass is 32.2. The van der Waals surface area contributed by atoms with Crippen molar-refractivity contribution in [3.8, 4) is 0 Å². The van der Waals surface area contributed by atoms with Gasteiger partial charge in [-0.25, -0.2) is 0 Å². The number of benzene rings is 1. The van der Waals surface area contributed by atoms with Crippen LogP contribution in [0.2, 0.25) is 0 Å². The number of hydrogen-bond acceptors (Lipinski definition) is 3. The molecule has 1 aromatic rings. The Labute approximate surface area is 103 Å². The second-order valence-corrected chi connectivity index (χ2v) is 4.82. The molecule has 0 amide bonds. The first-order valence-corrected chi connectivity index (χ1v) is 7.05. The maximum atomic E-state index is 3.48. The molecular weight excluding hydrogens is 216 g/mol. The van der Waals surface area contributed by atoms with Gasteiger partial charge < -0.3 is 10.6 Å². The van der Waals surface area contributed by atoms with Crippen LogP contribution < -0.4 is 10.6 Å². The van der Waals surface area contributed by atoms with Gasteiger partial charge >= 0.3 is 0 Å². The van der Waals surface area contributed by atoms with Crippen molar-refractivity contribution in [1.82, 2.24) is 5.32 Å². The average Bonchev–Trinajstić information content (AvgIpc) is 2.35. The molecule has 90 valence electrons. The van der Waals surface area contributed by atoms with E-state index in [0.717, 1.165) is 13.1 Å². The molecule has 1 atom stereocenters. The minimum absolute atomic E-state index is 0.699. The van der Waals surface area contributed by atoms with E-state index in [-0.39, 0.29) is 0 Å². The molecule has 0 fully saturated rings. The van der Waals surface area contributed by atoms with E-state index >= 15 is 0 Å². The zero-order valence-electron chi connectivity index (χ0n) is 10.4. The Morgan fingerprint density at radius 2 is 1.88 bits per heavy atom. The van der Waals surface area contributed by atoms with Crippen molar-refractivity contribution in [2.75, 3.05) is 31.7 Å². The zero-order valence-corrected chi connectivity index (χ0v) is 11.2. The van der Waals surface area contributed by atoms with Crippen LogP contribution in [-0.2, 0) is 0 Å². The predicted molar refractivity (Wildman–Crippen MR) is 74.4 cm³/mol. The molecule has 16 heavy (non-hydrogen) atoms. The highest BCUT2D eigenvalue weighted by Crippen LogP contribution is 2.17. The normalized spacial score (nSPS) is 12.4. The van der Waals surface area contributed by atoms with Crippen molar-refractivity contribution in [2.24, 2.45) is 5.92 Å². The molecule has 0 heterocycles. The van der Waals surface area contributed by atoms with Crippen LogP contribution in [0.1, 0.15) is 13.3 Å². The highest BCUT2D eigenvalue weighted by Gasteiger charge is 2.04. The van der Waals surface area contributed by atoms with Crippen molar-refractivity contribution in [3.63, 3.8) is 0 Å². The lowest BCUT2D eigenvalue weighted by Crippen LogP contribution is -2.24. The Balaban J connectivity index is 2.40. The lowest BCUT2D eigenvalue weighted by molar-refractivity contribution is 0.506. The van der Waals surface area contributed by atoms with Gasteiger partial charge in [0.2, 0.25) is 0 Å². The van der Waals surface area contributed by atoms with E-state index in [4.69, 9.17) is 0 Å². The summed E-state index contributed by atoms with van der Waals surface area (Å²) < 4.78 is 0. The van der Waals surface area contributed by atoms with Gasteiger partial charge in [0, 0.05) is 17.1 Å². The maximum absolute atomic E-state index is 3.48. The van der Waals surface area contributed by atoms with Crippen molar-refractivity contribution < 1.29 is 0 Å². The monoisotopic (exact) mass is 238 g/mol. The van der Waals surface area contributed by atoms with E-state index in [9.17, 15) is 0 Å². The Hall–Kier alpha value is -0.670. The largest absolute Gasteiger partial charge is 0.385 e. The minimum Gasteiger partial charge on any atom is -0.385 e. The summed E-state index contributed by atoms with van der Waals surface area (Å²) >= 11 is 1.78. The van der Waals surface area contributed by atoms with Gasteiger partial charge in [-0.15, -0.1) is 11.8 Å². The van der Waals surface area contributed by atoms with Gasteiger partial charge in [0.15, 0.2) is 0 Å². The molecule has 1 rings (SSSR count). The smallest absolute Gasteiger partial charge is 0.0341 e. The van der Waals surface area contributed by atoms with Crippen molar-refractivity contribution in [1.29, 1.82) is 0 Å².